The van der Waals surface area contributed by atoms with Gasteiger partial charge in [0, 0.05) is 18.8 Å². The highest BCUT2D eigenvalue weighted by Crippen LogP contribution is 2.12. The fraction of sp³-hybridized carbons (Fsp3) is 0.455. The number of nitrogens with one attached hydrogen (secondary N) is 1. The molecule has 4 heteroatoms. The second-order valence-electron chi connectivity index (χ2n) is 3.30. The van der Waals surface area contributed by atoms with Crippen LogP contribution in [0.3, 0.4) is 0 Å². The highest BCUT2D eigenvalue weighted by molar-refractivity contribution is 5.05. The lowest BCUT2D eigenvalue weighted by molar-refractivity contribution is 0.497. The zero-order valence-corrected chi connectivity index (χ0v) is 9.12. The molecule has 1 rings (SSSR count). The first-order chi connectivity index (χ1) is 7.27. The van der Waals surface area contributed by atoms with Crippen molar-refractivity contribution in [2.75, 3.05) is 0 Å². The summed E-state index contributed by atoms with van der Waals surface area (Å²) in [6.07, 6.45) is 5.19. The molecule has 3 N–H and O–H groups in total. The highest BCUT2D eigenvalue weighted by atomic mass is 15.2. The highest BCUT2D eigenvalue weighted by Gasteiger charge is 2.10. The molecule has 0 aromatic carbocycles. The largest absolute Gasteiger partial charge is 0.271 e. The minimum atomic E-state index is -0.0218. The molecule has 4 nitrogen and oxygen atoms in total. The van der Waals surface area contributed by atoms with Crippen LogP contribution in [-0.2, 0) is 0 Å². The first-order valence-electron chi connectivity index (χ1n) is 4.92. The number of hydrogen-bond acceptors (Lipinski definition) is 4. The van der Waals surface area contributed by atoms with Gasteiger partial charge in [0.15, 0.2) is 0 Å². The number of nitrogens with two attached hydrogens (primary N) is 1. The van der Waals surface area contributed by atoms with Crippen molar-refractivity contribution in [2.45, 2.75) is 32.7 Å². The molecule has 1 atom stereocenters. The lowest BCUT2D eigenvalue weighted by Gasteiger charge is -2.12. The van der Waals surface area contributed by atoms with Crippen molar-refractivity contribution in [1.82, 2.24) is 15.4 Å². The van der Waals surface area contributed by atoms with E-state index >= 15 is 0 Å². The molecule has 1 unspecified atom stereocenters. The Balaban J connectivity index is 2.64. The molecule has 0 fully saturated rings. The molecule has 0 saturated heterocycles. The van der Waals surface area contributed by atoms with Crippen molar-refractivity contribution in [3.05, 3.63) is 23.8 Å². The Morgan fingerprint density at radius 3 is 2.67 bits per heavy atom. The fourth-order valence-electron chi connectivity index (χ4n) is 1.21. The van der Waals surface area contributed by atoms with Crippen LogP contribution in [0.4, 0.5) is 0 Å². The zero-order chi connectivity index (χ0) is 11.1. The smallest absolute Gasteiger partial charge is 0.146 e. The van der Waals surface area contributed by atoms with Gasteiger partial charge in [-0.2, -0.15) is 0 Å². The van der Waals surface area contributed by atoms with Crippen LogP contribution in [0.25, 0.3) is 0 Å². The number of aryl methyl sites for hydroxylation is 1. The monoisotopic (exact) mass is 204 g/mol. The molecule has 1 heterocycles. The van der Waals surface area contributed by atoms with Gasteiger partial charge in [0.25, 0.3) is 0 Å². The summed E-state index contributed by atoms with van der Waals surface area (Å²) in [7, 11) is 0. The summed E-state index contributed by atoms with van der Waals surface area (Å²) < 4.78 is 0. The summed E-state index contributed by atoms with van der Waals surface area (Å²) in [4.78, 5) is 8.45. The zero-order valence-electron chi connectivity index (χ0n) is 9.12. The predicted octanol–water partition coefficient (Wildman–Crippen LogP) is 1.09. The minimum Gasteiger partial charge on any atom is -0.271 e. The topological polar surface area (TPSA) is 63.8 Å². The number of hydrazine groups is 1. The number of aromatic nitrogens is 2. The van der Waals surface area contributed by atoms with Gasteiger partial charge in [-0.25, -0.2) is 15.4 Å². The van der Waals surface area contributed by atoms with E-state index in [2.05, 4.69) is 27.2 Å². The van der Waals surface area contributed by atoms with E-state index in [4.69, 9.17) is 5.84 Å². The maximum absolute atomic E-state index is 5.45. The Bertz CT molecular complexity index is 347. The van der Waals surface area contributed by atoms with Crippen molar-refractivity contribution < 1.29 is 0 Å². The van der Waals surface area contributed by atoms with E-state index in [1.54, 1.807) is 12.4 Å². The predicted molar refractivity (Wildman–Crippen MR) is 59.5 cm³/mol. The molecule has 1 aromatic heterocycles. The molecule has 1 aromatic rings. The molecule has 0 bridgehead atoms. The Morgan fingerprint density at radius 1 is 1.47 bits per heavy atom. The Kier molecular flexibility index (Phi) is 4.75. The minimum absolute atomic E-state index is 0.0218. The van der Waals surface area contributed by atoms with Crippen LogP contribution in [0.1, 0.15) is 37.2 Å². The average molecular weight is 204 g/mol. The summed E-state index contributed by atoms with van der Waals surface area (Å²) in [5.74, 6) is 12.0. The van der Waals surface area contributed by atoms with Crippen LogP contribution in [0, 0.1) is 18.8 Å². The SMILES string of the molecule is CC#CCCC(NN)c1ncc(C)cn1. The summed E-state index contributed by atoms with van der Waals surface area (Å²) in [5, 5.41) is 0. The van der Waals surface area contributed by atoms with E-state index in [1.807, 2.05) is 13.8 Å². The van der Waals surface area contributed by atoms with E-state index in [1.165, 1.54) is 0 Å². The standard InChI is InChI=1S/C11H16N4/c1-3-4-5-6-10(15-12)11-13-7-9(2)8-14-11/h7-8,10,15H,5-6,12H2,1-2H3. The van der Waals surface area contributed by atoms with Crippen molar-refractivity contribution in [2.24, 2.45) is 5.84 Å². The molecule has 80 valence electrons. The number of hydrogen-bond donors (Lipinski definition) is 2. The van der Waals surface area contributed by atoms with Crippen molar-refractivity contribution in [3.63, 3.8) is 0 Å². The second kappa shape index (κ2) is 6.12. The van der Waals surface area contributed by atoms with E-state index in [0.29, 0.717) is 0 Å². The lowest BCUT2D eigenvalue weighted by atomic mass is 10.1. The molecule has 0 spiro atoms. The van der Waals surface area contributed by atoms with Gasteiger partial charge in [-0.3, -0.25) is 5.84 Å². The Hall–Kier alpha value is -1.44. The van der Waals surface area contributed by atoms with Gasteiger partial charge in [0.2, 0.25) is 0 Å². The molecule has 0 aliphatic carbocycles. The molecular formula is C11H16N4. The van der Waals surface area contributed by atoms with Gasteiger partial charge in [0.05, 0.1) is 6.04 Å². The average Bonchev–Trinajstić information content (AvgIpc) is 2.26. The Labute approximate surface area is 90.3 Å². The summed E-state index contributed by atoms with van der Waals surface area (Å²) in [5.41, 5.74) is 3.75. The molecule has 15 heavy (non-hydrogen) atoms. The number of rotatable bonds is 4. The summed E-state index contributed by atoms with van der Waals surface area (Å²) in [6.45, 7) is 3.78. The van der Waals surface area contributed by atoms with Gasteiger partial charge in [-0.05, 0) is 25.8 Å². The van der Waals surface area contributed by atoms with Crippen LogP contribution in [0.15, 0.2) is 12.4 Å². The molecule has 0 saturated carbocycles. The van der Waals surface area contributed by atoms with Gasteiger partial charge in [-0.1, -0.05) is 0 Å². The van der Waals surface area contributed by atoms with E-state index < -0.39 is 0 Å². The summed E-state index contributed by atoms with van der Waals surface area (Å²) in [6, 6.07) is -0.0218. The van der Waals surface area contributed by atoms with Crippen LogP contribution >= 0.6 is 0 Å². The van der Waals surface area contributed by atoms with Gasteiger partial charge >= 0.3 is 0 Å². The number of nitrogens with zero attached hydrogens (tertiary/aromatic N) is 2. The van der Waals surface area contributed by atoms with Gasteiger partial charge in [-0.15, -0.1) is 11.8 Å². The first kappa shape index (κ1) is 11.6. The lowest BCUT2D eigenvalue weighted by Crippen LogP contribution is -2.29. The first-order valence-corrected chi connectivity index (χ1v) is 4.92. The van der Waals surface area contributed by atoms with Crippen molar-refractivity contribution in [3.8, 4) is 11.8 Å². The van der Waals surface area contributed by atoms with Gasteiger partial charge in [0.1, 0.15) is 5.82 Å². The Morgan fingerprint density at radius 2 is 2.13 bits per heavy atom. The molecule has 0 aliphatic heterocycles. The van der Waals surface area contributed by atoms with Crippen LogP contribution in [-0.4, -0.2) is 9.97 Å². The van der Waals surface area contributed by atoms with Crippen molar-refractivity contribution in [1.29, 1.82) is 0 Å². The normalized spacial score (nSPS) is 11.7. The third kappa shape index (κ3) is 3.66. The van der Waals surface area contributed by atoms with E-state index in [-0.39, 0.29) is 6.04 Å². The van der Waals surface area contributed by atoms with E-state index in [0.717, 1.165) is 24.2 Å². The molecule has 0 radical (unpaired) electrons. The quantitative estimate of drug-likeness (QED) is 0.438. The maximum Gasteiger partial charge on any atom is 0.146 e. The molecule has 0 aliphatic rings. The fourth-order valence-corrected chi connectivity index (χ4v) is 1.21. The second-order valence-corrected chi connectivity index (χ2v) is 3.30. The van der Waals surface area contributed by atoms with Gasteiger partial charge < -0.3 is 0 Å². The van der Waals surface area contributed by atoms with Crippen LogP contribution in [0.2, 0.25) is 0 Å². The van der Waals surface area contributed by atoms with E-state index in [9.17, 15) is 0 Å². The maximum atomic E-state index is 5.45. The third-order valence-electron chi connectivity index (χ3n) is 2.05. The molecule has 0 amide bonds. The van der Waals surface area contributed by atoms with Crippen LogP contribution < -0.4 is 11.3 Å². The van der Waals surface area contributed by atoms with Crippen LogP contribution in [0.5, 0.6) is 0 Å². The molecular weight excluding hydrogens is 188 g/mol. The third-order valence-corrected chi connectivity index (χ3v) is 2.05. The van der Waals surface area contributed by atoms with Crippen molar-refractivity contribution >= 4 is 0 Å². The summed E-state index contributed by atoms with van der Waals surface area (Å²) >= 11 is 0.